The first-order valence-electron chi connectivity index (χ1n) is 5.86. The van der Waals surface area contributed by atoms with Gasteiger partial charge in [0, 0.05) is 31.4 Å². The molecule has 0 radical (unpaired) electrons. The quantitative estimate of drug-likeness (QED) is 0.765. The van der Waals surface area contributed by atoms with Gasteiger partial charge >= 0.3 is 0 Å². The lowest BCUT2D eigenvalue weighted by molar-refractivity contribution is 0.578. The van der Waals surface area contributed by atoms with Gasteiger partial charge < -0.3 is 10.2 Å². The minimum absolute atomic E-state index is 0.633. The highest BCUT2D eigenvalue weighted by Gasteiger charge is 2.37. The number of anilines is 1. The zero-order valence-corrected chi connectivity index (χ0v) is 9.19. The highest BCUT2D eigenvalue weighted by molar-refractivity contribution is 5.53. The molecule has 2 saturated heterocycles. The third kappa shape index (κ3) is 1.46. The zero-order chi connectivity index (χ0) is 11.0. The first-order chi connectivity index (χ1) is 7.88. The fourth-order valence-electron chi connectivity index (χ4n) is 2.92. The molecule has 2 heterocycles. The van der Waals surface area contributed by atoms with Crippen molar-refractivity contribution < 1.29 is 0 Å². The Labute approximate surface area is 95.7 Å². The number of hydrogen-bond acceptors (Lipinski definition) is 3. The van der Waals surface area contributed by atoms with Crippen molar-refractivity contribution in [1.29, 1.82) is 5.26 Å². The number of fused-ring (bicyclic) bond motifs is 1. The molecule has 3 heteroatoms. The summed E-state index contributed by atoms with van der Waals surface area (Å²) in [6.07, 6.45) is 1.27. The van der Waals surface area contributed by atoms with Gasteiger partial charge in [0.15, 0.2) is 0 Å². The summed E-state index contributed by atoms with van der Waals surface area (Å²) in [5.74, 6) is 0.797. The second-order valence-electron chi connectivity index (χ2n) is 4.63. The molecule has 1 aromatic carbocycles. The lowest BCUT2D eigenvalue weighted by Crippen LogP contribution is -2.34. The number of hydrogen-bond donors (Lipinski definition) is 1. The van der Waals surface area contributed by atoms with E-state index in [1.807, 2.05) is 18.2 Å². The summed E-state index contributed by atoms with van der Waals surface area (Å²) < 4.78 is 0. The van der Waals surface area contributed by atoms with Crippen LogP contribution in [0.25, 0.3) is 0 Å². The van der Waals surface area contributed by atoms with Crippen molar-refractivity contribution in [3.63, 3.8) is 0 Å². The molecular weight excluding hydrogens is 198 g/mol. The highest BCUT2D eigenvalue weighted by atomic mass is 15.2. The molecule has 0 unspecified atom stereocenters. The van der Waals surface area contributed by atoms with Gasteiger partial charge in [0.25, 0.3) is 0 Å². The molecule has 2 atom stereocenters. The van der Waals surface area contributed by atoms with E-state index in [9.17, 15) is 0 Å². The summed E-state index contributed by atoms with van der Waals surface area (Å²) in [6, 6.07) is 10.8. The van der Waals surface area contributed by atoms with E-state index in [0.29, 0.717) is 6.04 Å². The molecule has 2 aliphatic heterocycles. The first-order valence-corrected chi connectivity index (χ1v) is 5.86. The van der Waals surface area contributed by atoms with Crippen molar-refractivity contribution in [2.45, 2.75) is 12.5 Å². The van der Waals surface area contributed by atoms with E-state index in [2.05, 4.69) is 22.4 Å². The van der Waals surface area contributed by atoms with Crippen LogP contribution in [-0.4, -0.2) is 25.7 Å². The largest absolute Gasteiger partial charge is 0.367 e. The molecule has 2 aliphatic rings. The number of nitriles is 1. The van der Waals surface area contributed by atoms with Gasteiger partial charge in [-0.3, -0.25) is 0 Å². The molecule has 0 amide bonds. The van der Waals surface area contributed by atoms with E-state index in [4.69, 9.17) is 5.26 Å². The van der Waals surface area contributed by atoms with Crippen LogP contribution in [0.15, 0.2) is 24.3 Å². The fourth-order valence-corrected chi connectivity index (χ4v) is 2.92. The van der Waals surface area contributed by atoms with Crippen LogP contribution in [0, 0.1) is 17.2 Å². The Kier molecular flexibility index (Phi) is 2.30. The molecule has 3 rings (SSSR count). The average molecular weight is 213 g/mol. The van der Waals surface area contributed by atoms with Crippen LogP contribution in [0.3, 0.4) is 0 Å². The van der Waals surface area contributed by atoms with Crippen molar-refractivity contribution in [3.05, 3.63) is 29.8 Å². The van der Waals surface area contributed by atoms with Crippen LogP contribution in [0.1, 0.15) is 12.0 Å². The normalized spacial score (nSPS) is 27.8. The molecule has 0 bridgehead atoms. The monoisotopic (exact) mass is 213 g/mol. The van der Waals surface area contributed by atoms with Gasteiger partial charge in [0.2, 0.25) is 0 Å². The Hall–Kier alpha value is -1.53. The van der Waals surface area contributed by atoms with E-state index < -0.39 is 0 Å². The summed E-state index contributed by atoms with van der Waals surface area (Å²) in [5, 5.41) is 12.4. The summed E-state index contributed by atoms with van der Waals surface area (Å²) >= 11 is 0. The van der Waals surface area contributed by atoms with E-state index >= 15 is 0 Å². The second kappa shape index (κ2) is 3.80. The van der Waals surface area contributed by atoms with Gasteiger partial charge in [-0.2, -0.15) is 5.26 Å². The standard InChI is InChI=1S/C13H15N3/c14-7-10-2-1-3-12(6-10)16-5-4-11-8-15-9-13(11)16/h1-3,6,11,13,15H,4-5,8-9H2/t11-,13+/m0/s1. The molecule has 3 nitrogen and oxygen atoms in total. The topological polar surface area (TPSA) is 39.1 Å². The Morgan fingerprint density at radius 2 is 2.31 bits per heavy atom. The van der Waals surface area contributed by atoms with Crippen molar-refractivity contribution in [1.82, 2.24) is 5.32 Å². The average Bonchev–Trinajstić information content (AvgIpc) is 2.90. The van der Waals surface area contributed by atoms with Gasteiger partial charge in [0.05, 0.1) is 11.6 Å². The van der Waals surface area contributed by atoms with Crippen molar-refractivity contribution in [2.75, 3.05) is 24.5 Å². The third-order valence-electron chi connectivity index (χ3n) is 3.75. The minimum atomic E-state index is 0.633. The predicted octanol–water partition coefficient (Wildman–Crippen LogP) is 1.36. The fraction of sp³-hybridized carbons (Fsp3) is 0.462. The third-order valence-corrected chi connectivity index (χ3v) is 3.75. The van der Waals surface area contributed by atoms with E-state index in [1.165, 1.54) is 12.1 Å². The Balaban J connectivity index is 1.89. The van der Waals surface area contributed by atoms with Crippen LogP contribution >= 0.6 is 0 Å². The maximum Gasteiger partial charge on any atom is 0.0992 e. The molecule has 0 aliphatic carbocycles. The molecule has 0 saturated carbocycles. The maximum absolute atomic E-state index is 8.91. The maximum atomic E-state index is 8.91. The number of nitrogens with zero attached hydrogens (tertiary/aromatic N) is 2. The summed E-state index contributed by atoms with van der Waals surface area (Å²) in [4.78, 5) is 2.45. The van der Waals surface area contributed by atoms with Crippen molar-refractivity contribution in [2.24, 2.45) is 5.92 Å². The summed E-state index contributed by atoms with van der Waals surface area (Å²) in [5.41, 5.74) is 1.96. The molecule has 0 aromatic heterocycles. The lowest BCUT2D eigenvalue weighted by Gasteiger charge is -2.25. The van der Waals surface area contributed by atoms with Gasteiger partial charge in [-0.15, -0.1) is 0 Å². The summed E-state index contributed by atoms with van der Waals surface area (Å²) in [6.45, 7) is 3.37. The van der Waals surface area contributed by atoms with E-state index in [-0.39, 0.29) is 0 Å². The Morgan fingerprint density at radius 1 is 1.38 bits per heavy atom. The molecule has 1 aromatic rings. The molecule has 16 heavy (non-hydrogen) atoms. The van der Waals surface area contributed by atoms with Crippen LogP contribution in [0.4, 0.5) is 5.69 Å². The van der Waals surface area contributed by atoms with Crippen LogP contribution in [0.2, 0.25) is 0 Å². The van der Waals surface area contributed by atoms with Crippen LogP contribution in [0.5, 0.6) is 0 Å². The number of nitrogens with one attached hydrogen (secondary N) is 1. The smallest absolute Gasteiger partial charge is 0.0992 e. The van der Waals surface area contributed by atoms with Crippen molar-refractivity contribution >= 4 is 5.69 Å². The van der Waals surface area contributed by atoms with Crippen molar-refractivity contribution in [3.8, 4) is 6.07 Å². The van der Waals surface area contributed by atoms with Gasteiger partial charge in [-0.1, -0.05) is 6.07 Å². The highest BCUT2D eigenvalue weighted by Crippen LogP contribution is 2.32. The molecular formula is C13H15N3. The molecule has 1 N–H and O–H groups in total. The lowest BCUT2D eigenvalue weighted by atomic mass is 10.0. The molecule has 2 fully saturated rings. The molecule has 82 valence electrons. The first kappa shape index (κ1) is 9.68. The predicted molar refractivity (Wildman–Crippen MR) is 63.3 cm³/mol. The number of rotatable bonds is 1. The minimum Gasteiger partial charge on any atom is -0.367 e. The Bertz CT molecular complexity index is 435. The number of benzene rings is 1. The second-order valence-corrected chi connectivity index (χ2v) is 4.63. The van der Waals surface area contributed by atoms with Crippen LogP contribution < -0.4 is 10.2 Å². The van der Waals surface area contributed by atoms with Gasteiger partial charge in [-0.05, 0) is 30.5 Å². The van der Waals surface area contributed by atoms with Gasteiger partial charge in [-0.25, -0.2) is 0 Å². The Morgan fingerprint density at radius 3 is 3.19 bits per heavy atom. The van der Waals surface area contributed by atoms with Crippen LogP contribution in [-0.2, 0) is 0 Å². The summed E-state index contributed by atoms with van der Waals surface area (Å²) in [7, 11) is 0. The zero-order valence-electron chi connectivity index (χ0n) is 9.19. The van der Waals surface area contributed by atoms with E-state index in [0.717, 1.165) is 31.1 Å². The van der Waals surface area contributed by atoms with Gasteiger partial charge in [0.1, 0.15) is 0 Å². The SMILES string of the molecule is N#Cc1cccc(N2CC[C@H]3CNC[C@H]32)c1. The molecule has 0 spiro atoms. The van der Waals surface area contributed by atoms with E-state index in [1.54, 1.807) is 0 Å².